The smallest absolute Gasteiger partial charge is 0.124 e. The van der Waals surface area contributed by atoms with Crippen LogP contribution in [0.25, 0.3) is 0 Å². The lowest BCUT2D eigenvalue weighted by Crippen LogP contribution is -2.55. The Kier molecular flexibility index (Phi) is 7.90. The largest absolute Gasteiger partial charge is 0.497 e. The Balaban J connectivity index is 1.30. The first-order valence-corrected chi connectivity index (χ1v) is 11.9. The van der Waals surface area contributed by atoms with Crippen molar-refractivity contribution in [2.24, 2.45) is 0 Å². The van der Waals surface area contributed by atoms with Crippen LogP contribution in [0.3, 0.4) is 0 Å². The van der Waals surface area contributed by atoms with Crippen molar-refractivity contribution in [3.63, 3.8) is 0 Å². The molecule has 2 aromatic rings. The summed E-state index contributed by atoms with van der Waals surface area (Å²) >= 11 is 0. The summed E-state index contributed by atoms with van der Waals surface area (Å²) in [6.45, 7) is 10.2. The summed E-state index contributed by atoms with van der Waals surface area (Å²) in [6, 6.07) is 15.3. The predicted molar refractivity (Wildman–Crippen MR) is 129 cm³/mol. The standard InChI is InChI=1S/C26H37N3O3/c1-3-32-26-11-6-21(17-22(26)20-30)18-27-12-4-5-24(19-27)29-15-13-28(14-16-29)23-7-9-25(31-2)10-8-23/h6-11,17,24,30H,3-5,12-16,18-20H2,1-2H3/t24-/m0/s1. The Morgan fingerprint density at radius 1 is 1.00 bits per heavy atom. The van der Waals surface area contributed by atoms with Crippen LogP contribution in [0.2, 0.25) is 0 Å². The summed E-state index contributed by atoms with van der Waals surface area (Å²) in [5.74, 6) is 1.71. The van der Waals surface area contributed by atoms with Crippen LogP contribution in [0.1, 0.15) is 30.9 Å². The Labute approximate surface area is 192 Å². The molecule has 2 aliphatic rings. The van der Waals surface area contributed by atoms with Gasteiger partial charge in [-0.25, -0.2) is 0 Å². The monoisotopic (exact) mass is 439 g/mol. The van der Waals surface area contributed by atoms with Crippen molar-refractivity contribution in [2.75, 3.05) is 57.9 Å². The lowest BCUT2D eigenvalue weighted by molar-refractivity contribution is 0.0887. The number of rotatable bonds is 8. The van der Waals surface area contributed by atoms with Gasteiger partial charge in [0.05, 0.1) is 20.3 Å². The maximum Gasteiger partial charge on any atom is 0.124 e. The van der Waals surface area contributed by atoms with E-state index in [-0.39, 0.29) is 6.61 Å². The van der Waals surface area contributed by atoms with Gasteiger partial charge in [-0.1, -0.05) is 6.07 Å². The maximum atomic E-state index is 9.71. The summed E-state index contributed by atoms with van der Waals surface area (Å²) in [4.78, 5) is 7.73. The van der Waals surface area contributed by atoms with E-state index in [1.807, 2.05) is 25.1 Å². The first kappa shape index (κ1) is 22.9. The number of methoxy groups -OCH3 is 1. The van der Waals surface area contributed by atoms with Crippen LogP contribution >= 0.6 is 0 Å². The number of nitrogens with zero attached hydrogens (tertiary/aromatic N) is 3. The minimum Gasteiger partial charge on any atom is -0.497 e. The Morgan fingerprint density at radius 2 is 1.78 bits per heavy atom. The van der Waals surface area contributed by atoms with Crippen molar-refractivity contribution in [1.82, 2.24) is 9.80 Å². The van der Waals surface area contributed by atoms with Gasteiger partial charge < -0.3 is 19.5 Å². The van der Waals surface area contributed by atoms with Gasteiger partial charge in [0.1, 0.15) is 11.5 Å². The zero-order chi connectivity index (χ0) is 22.3. The van der Waals surface area contributed by atoms with Gasteiger partial charge in [-0.15, -0.1) is 0 Å². The van der Waals surface area contributed by atoms with Gasteiger partial charge in [0, 0.05) is 56.6 Å². The van der Waals surface area contributed by atoms with Gasteiger partial charge in [-0.3, -0.25) is 9.80 Å². The van der Waals surface area contributed by atoms with Gasteiger partial charge in [0.25, 0.3) is 0 Å². The van der Waals surface area contributed by atoms with Crippen molar-refractivity contribution in [1.29, 1.82) is 0 Å². The molecule has 1 atom stereocenters. The fraction of sp³-hybridized carbons (Fsp3) is 0.538. The lowest BCUT2D eigenvalue weighted by atomic mass is 10.0. The predicted octanol–water partition coefficient (Wildman–Crippen LogP) is 3.37. The van der Waals surface area contributed by atoms with Crippen molar-refractivity contribution in [2.45, 2.75) is 39.0 Å². The highest BCUT2D eigenvalue weighted by atomic mass is 16.5. The van der Waals surface area contributed by atoms with Crippen LogP contribution in [-0.4, -0.2) is 73.9 Å². The average Bonchev–Trinajstić information content (AvgIpc) is 2.85. The van der Waals surface area contributed by atoms with Crippen LogP contribution in [0.15, 0.2) is 42.5 Å². The normalized spacial score (nSPS) is 20.3. The fourth-order valence-electron chi connectivity index (χ4n) is 5.02. The van der Waals surface area contributed by atoms with Crippen LogP contribution in [0.4, 0.5) is 5.69 Å². The second-order valence-corrected chi connectivity index (χ2v) is 8.79. The molecule has 2 aromatic carbocycles. The molecule has 0 aliphatic carbocycles. The van der Waals surface area contributed by atoms with Gasteiger partial charge in [0.2, 0.25) is 0 Å². The van der Waals surface area contributed by atoms with Gasteiger partial charge >= 0.3 is 0 Å². The Morgan fingerprint density at radius 3 is 2.47 bits per heavy atom. The van der Waals surface area contributed by atoms with Crippen LogP contribution in [-0.2, 0) is 13.2 Å². The highest BCUT2D eigenvalue weighted by Gasteiger charge is 2.28. The average molecular weight is 440 g/mol. The van der Waals surface area contributed by atoms with Crippen molar-refractivity contribution in [3.8, 4) is 11.5 Å². The van der Waals surface area contributed by atoms with E-state index in [9.17, 15) is 5.11 Å². The maximum absolute atomic E-state index is 9.71. The number of aliphatic hydroxyl groups is 1. The van der Waals surface area contributed by atoms with E-state index in [0.717, 1.165) is 62.9 Å². The molecule has 2 heterocycles. The summed E-state index contributed by atoms with van der Waals surface area (Å²) in [7, 11) is 1.71. The second kappa shape index (κ2) is 11.0. The minimum atomic E-state index is 0.0181. The molecule has 4 rings (SSSR count). The zero-order valence-electron chi connectivity index (χ0n) is 19.5. The second-order valence-electron chi connectivity index (χ2n) is 8.79. The third-order valence-corrected chi connectivity index (χ3v) is 6.75. The van der Waals surface area contributed by atoms with E-state index < -0.39 is 0 Å². The molecule has 0 bridgehead atoms. The highest BCUT2D eigenvalue weighted by Crippen LogP contribution is 2.25. The summed E-state index contributed by atoms with van der Waals surface area (Å²) < 4.78 is 10.9. The molecule has 2 fully saturated rings. The molecule has 6 heteroatoms. The van der Waals surface area contributed by atoms with E-state index in [4.69, 9.17) is 9.47 Å². The molecule has 0 saturated carbocycles. The number of aliphatic hydroxyl groups excluding tert-OH is 1. The van der Waals surface area contributed by atoms with Gasteiger partial charge in [0.15, 0.2) is 0 Å². The fourth-order valence-corrected chi connectivity index (χ4v) is 5.02. The molecule has 32 heavy (non-hydrogen) atoms. The van der Waals surface area contributed by atoms with E-state index in [2.05, 4.69) is 39.0 Å². The summed E-state index contributed by atoms with van der Waals surface area (Å²) in [5.41, 5.74) is 3.42. The molecule has 6 nitrogen and oxygen atoms in total. The highest BCUT2D eigenvalue weighted by molar-refractivity contribution is 5.49. The van der Waals surface area contributed by atoms with Crippen LogP contribution in [0.5, 0.6) is 11.5 Å². The first-order valence-electron chi connectivity index (χ1n) is 11.9. The number of benzene rings is 2. The number of piperidine rings is 1. The number of ether oxygens (including phenoxy) is 2. The van der Waals surface area contributed by atoms with E-state index in [1.54, 1.807) is 7.11 Å². The third kappa shape index (κ3) is 5.55. The van der Waals surface area contributed by atoms with Crippen LogP contribution in [0, 0.1) is 0 Å². The van der Waals surface area contributed by atoms with Crippen LogP contribution < -0.4 is 14.4 Å². The molecule has 2 aliphatic heterocycles. The third-order valence-electron chi connectivity index (χ3n) is 6.75. The van der Waals surface area contributed by atoms with Crippen molar-refractivity contribution >= 4 is 5.69 Å². The summed E-state index contributed by atoms with van der Waals surface area (Å²) in [5, 5.41) is 9.71. The topological polar surface area (TPSA) is 48.4 Å². The van der Waals surface area contributed by atoms with Gasteiger partial charge in [-0.05, 0) is 68.3 Å². The van der Waals surface area contributed by atoms with Crippen molar-refractivity contribution in [3.05, 3.63) is 53.6 Å². The number of piperazine rings is 1. The van der Waals surface area contributed by atoms with E-state index in [1.165, 1.54) is 24.1 Å². The molecule has 2 saturated heterocycles. The number of likely N-dealkylation sites (tertiary alicyclic amines) is 1. The molecule has 0 unspecified atom stereocenters. The van der Waals surface area contributed by atoms with E-state index >= 15 is 0 Å². The minimum absolute atomic E-state index is 0.0181. The zero-order valence-corrected chi connectivity index (χ0v) is 19.5. The molecule has 0 amide bonds. The lowest BCUT2D eigenvalue weighted by Gasteiger charge is -2.44. The molecular formula is C26H37N3O3. The first-order chi connectivity index (χ1) is 15.7. The number of hydrogen-bond donors (Lipinski definition) is 1. The van der Waals surface area contributed by atoms with Gasteiger partial charge in [-0.2, -0.15) is 0 Å². The number of anilines is 1. The SMILES string of the molecule is CCOc1ccc(CN2CCC[C@H](N3CCN(c4ccc(OC)cc4)CC3)C2)cc1CO. The summed E-state index contributed by atoms with van der Waals surface area (Å²) in [6.07, 6.45) is 2.53. The Bertz CT molecular complexity index is 850. The molecule has 0 radical (unpaired) electrons. The number of hydrogen-bond acceptors (Lipinski definition) is 6. The molecule has 0 aromatic heterocycles. The van der Waals surface area contributed by atoms with E-state index in [0.29, 0.717) is 12.6 Å². The molecular weight excluding hydrogens is 402 g/mol. The molecule has 1 N–H and O–H groups in total. The molecule has 174 valence electrons. The Hall–Kier alpha value is -2.28. The quantitative estimate of drug-likeness (QED) is 0.681. The van der Waals surface area contributed by atoms with Crippen molar-refractivity contribution < 1.29 is 14.6 Å². The molecule has 0 spiro atoms.